The van der Waals surface area contributed by atoms with E-state index in [9.17, 15) is 9.59 Å². The van der Waals surface area contributed by atoms with Gasteiger partial charge in [-0.3, -0.25) is 14.3 Å². The van der Waals surface area contributed by atoms with E-state index in [2.05, 4.69) is 9.97 Å². The number of imidazole rings is 1. The van der Waals surface area contributed by atoms with Gasteiger partial charge in [-0.25, -0.2) is 9.78 Å². The van der Waals surface area contributed by atoms with Crippen molar-refractivity contribution in [2.75, 3.05) is 13.1 Å². The van der Waals surface area contributed by atoms with Crippen LogP contribution in [0.25, 0.3) is 0 Å². The summed E-state index contributed by atoms with van der Waals surface area (Å²) < 4.78 is 12.8. The number of nitrogens with zero attached hydrogens (tertiary/aromatic N) is 4. The highest BCUT2D eigenvalue weighted by Crippen LogP contribution is 2.21. The maximum Gasteiger partial charge on any atom is 0.410 e. The molecule has 8 nitrogen and oxygen atoms in total. The molecule has 1 amide bonds. The van der Waals surface area contributed by atoms with Crippen molar-refractivity contribution in [3.8, 4) is 5.75 Å². The van der Waals surface area contributed by atoms with E-state index in [0.29, 0.717) is 24.4 Å². The summed E-state index contributed by atoms with van der Waals surface area (Å²) in [6, 6.07) is 1.65. The Balaban J connectivity index is 1.64. The van der Waals surface area contributed by atoms with E-state index in [1.165, 1.54) is 17.1 Å². The number of likely N-dealkylation sites (tertiary alicyclic amines) is 1. The third-order valence-electron chi connectivity index (χ3n) is 4.03. The molecule has 0 radical (unpaired) electrons. The van der Waals surface area contributed by atoms with Gasteiger partial charge in [0.1, 0.15) is 23.8 Å². The largest absolute Gasteiger partial charge is 0.487 e. The number of piperidine rings is 1. The summed E-state index contributed by atoms with van der Waals surface area (Å²) in [6.07, 6.45) is 8.75. The fourth-order valence-corrected chi connectivity index (χ4v) is 2.85. The Labute approximate surface area is 158 Å². The minimum Gasteiger partial charge on any atom is -0.487 e. The van der Waals surface area contributed by atoms with E-state index in [1.807, 2.05) is 20.8 Å². The zero-order valence-electron chi connectivity index (χ0n) is 15.8. The van der Waals surface area contributed by atoms with Crippen molar-refractivity contribution < 1.29 is 19.1 Å². The first-order valence-electron chi connectivity index (χ1n) is 8.94. The van der Waals surface area contributed by atoms with Gasteiger partial charge >= 0.3 is 6.09 Å². The third-order valence-corrected chi connectivity index (χ3v) is 4.03. The zero-order valence-corrected chi connectivity index (χ0v) is 15.8. The summed E-state index contributed by atoms with van der Waals surface area (Å²) in [5.74, 6) is 0.265. The monoisotopic (exact) mass is 372 g/mol. The minimum absolute atomic E-state index is 0.174. The van der Waals surface area contributed by atoms with Crippen LogP contribution in [0.2, 0.25) is 0 Å². The molecule has 0 spiro atoms. The second-order valence-electron chi connectivity index (χ2n) is 7.49. The number of aromatic nitrogens is 3. The number of ether oxygens (including phenoxy) is 2. The van der Waals surface area contributed by atoms with E-state index < -0.39 is 5.60 Å². The predicted octanol–water partition coefficient (Wildman–Crippen LogP) is 2.74. The highest BCUT2D eigenvalue weighted by Gasteiger charge is 2.28. The van der Waals surface area contributed by atoms with Crippen LogP contribution in [0, 0.1) is 0 Å². The lowest BCUT2D eigenvalue weighted by Gasteiger charge is -2.34. The number of hydrogen-bond acceptors (Lipinski definition) is 6. The molecule has 0 aliphatic carbocycles. The molecule has 3 heterocycles. The standard InChI is InChI=1S/C19H24N4O4/c1-19(2,3)27-18(25)22-7-4-5-15(12-22)26-16-9-14(10-21-11-16)17(24)23-8-6-20-13-23/h6,8-11,13,15H,4-5,7,12H2,1-3H3. The lowest BCUT2D eigenvalue weighted by atomic mass is 10.1. The Bertz CT molecular complexity index is 798. The molecule has 27 heavy (non-hydrogen) atoms. The van der Waals surface area contributed by atoms with Crippen molar-refractivity contribution in [1.29, 1.82) is 0 Å². The van der Waals surface area contributed by atoms with Gasteiger partial charge in [-0.2, -0.15) is 0 Å². The number of pyridine rings is 1. The first-order chi connectivity index (χ1) is 12.8. The topological polar surface area (TPSA) is 86.5 Å². The lowest BCUT2D eigenvalue weighted by Crippen LogP contribution is -2.46. The van der Waals surface area contributed by atoms with Crippen LogP contribution in [-0.4, -0.2) is 56.2 Å². The molecule has 3 rings (SSSR count). The molecule has 1 aliphatic heterocycles. The van der Waals surface area contributed by atoms with Gasteiger partial charge in [0.05, 0.1) is 18.3 Å². The summed E-state index contributed by atoms with van der Waals surface area (Å²) in [5.41, 5.74) is -0.123. The molecule has 1 aliphatic rings. The fourth-order valence-electron chi connectivity index (χ4n) is 2.85. The van der Waals surface area contributed by atoms with Crippen LogP contribution in [0.5, 0.6) is 5.75 Å². The Kier molecular flexibility index (Phi) is 5.43. The van der Waals surface area contributed by atoms with Crippen molar-refractivity contribution in [2.45, 2.75) is 45.3 Å². The molecule has 2 aromatic heterocycles. The number of carbonyl (C=O) groups excluding carboxylic acids is 2. The van der Waals surface area contributed by atoms with E-state index in [1.54, 1.807) is 29.6 Å². The summed E-state index contributed by atoms with van der Waals surface area (Å²) >= 11 is 0. The summed E-state index contributed by atoms with van der Waals surface area (Å²) in [7, 11) is 0. The van der Waals surface area contributed by atoms with Crippen molar-refractivity contribution in [1.82, 2.24) is 19.4 Å². The van der Waals surface area contributed by atoms with Crippen LogP contribution in [0.1, 0.15) is 44.0 Å². The maximum atomic E-state index is 12.4. The lowest BCUT2D eigenvalue weighted by molar-refractivity contribution is 0.00772. The second-order valence-corrected chi connectivity index (χ2v) is 7.49. The van der Waals surface area contributed by atoms with Crippen molar-refractivity contribution in [3.63, 3.8) is 0 Å². The van der Waals surface area contributed by atoms with Crippen molar-refractivity contribution in [2.24, 2.45) is 0 Å². The Hall–Kier alpha value is -2.90. The summed E-state index contributed by atoms with van der Waals surface area (Å²) in [4.78, 5) is 34.3. The van der Waals surface area contributed by atoms with Crippen LogP contribution in [0.15, 0.2) is 37.2 Å². The van der Waals surface area contributed by atoms with Crippen LogP contribution in [-0.2, 0) is 4.74 Å². The number of rotatable bonds is 3. The zero-order chi connectivity index (χ0) is 19.4. The average Bonchev–Trinajstić information content (AvgIpc) is 3.15. The molecule has 1 saturated heterocycles. The highest BCUT2D eigenvalue weighted by atomic mass is 16.6. The van der Waals surface area contributed by atoms with Gasteiger partial charge in [0.15, 0.2) is 0 Å². The first kappa shape index (κ1) is 18.9. The molecule has 1 atom stereocenters. The molecule has 144 valence electrons. The molecule has 0 N–H and O–H groups in total. The van der Waals surface area contributed by atoms with Gasteiger partial charge < -0.3 is 14.4 Å². The Morgan fingerprint density at radius 3 is 2.74 bits per heavy atom. The molecular formula is C19H24N4O4. The highest BCUT2D eigenvalue weighted by molar-refractivity contribution is 5.95. The molecule has 0 aromatic carbocycles. The van der Waals surface area contributed by atoms with Gasteiger partial charge in [-0.1, -0.05) is 0 Å². The van der Waals surface area contributed by atoms with E-state index in [-0.39, 0.29) is 18.1 Å². The molecule has 0 saturated carbocycles. The van der Waals surface area contributed by atoms with E-state index in [4.69, 9.17) is 9.47 Å². The van der Waals surface area contributed by atoms with Gasteiger partial charge in [-0.15, -0.1) is 0 Å². The fraction of sp³-hybridized carbons (Fsp3) is 0.474. The summed E-state index contributed by atoms with van der Waals surface area (Å²) in [6.45, 7) is 6.62. The number of carbonyl (C=O) groups is 2. The molecule has 8 heteroatoms. The van der Waals surface area contributed by atoms with Gasteiger partial charge in [0.25, 0.3) is 5.91 Å². The average molecular weight is 372 g/mol. The normalized spacial score (nSPS) is 17.4. The third kappa shape index (κ3) is 5.06. The smallest absolute Gasteiger partial charge is 0.410 e. The maximum absolute atomic E-state index is 12.4. The molecule has 0 bridgehead atoms. The Morgan fingerprint density at radius 1 is 1.22 bits per heavy atom. The first-order valence-corrected chi connectivity index (χ1v) is 8.94. The van der Waals surface area contributed by atoms with Gasteiger partial charge in [-0.05, 0) is 39.7 Å². The number of hydrogen-bond donors (Lipinski definition) is 0. The van der Waals surface area contributed by atoms with Crippen LogP contribution in [0.3, 0.4) is 0 Å². The second kappa shape index (κ2) is 7.77. The van der Waals surface area contributed by atoms with Crippen LogP contribution in [0.4, 0.5) is 4.79 Å². The van der Waals surface area contributed by atoms with Gasteiger partial charge in [0.2, 0.25) is 0 Å². The minimum atomic E-state index is -0.531. The molecule has 2 aromatic rings. The molecule has 1 unspecified atom stereocenters. The predicted molar refractivity (Wildman–Crippen MR) is 97.6 cm³/mol. The Morgan fingerprint density at radius 2 is 2.04 bits per heavy atom. The van der Waals surface area contributed by atoms with Crippen molar-refractivity contribution >= 4 is 12.0 Å². The van der Waals surface area contributed by atoms with Crippen LogP contribution < -0.4 is 4.74 Å². The van der Waals surface area contributed by atoms with Crippen LogP contribution >= 0.6 is 0 Å². The molecule has 1 fully saturated rings. The van der Waals surface area contributed by atoms with E-state index >= 15 is 0 Å². The van der Waals surface area contributed by atoms with E-state index in [0.717, 1.165) is 12.8 Å². The number of amides is 1. The summed E-state index contributed by atoms with van der Waals surface area (Å²) in [5, 5.41) is 0. The quantitative estimate of drug-likeness (QED) is 0.823. The molecular weight excluding hydrogens is 348 g/mol. The van der Waals surface area contributed by atoms with Gasteiger partial charge in [0, 0.05) is 25.1 Å². The SMILES string of the molecule is CC(C)(C)OC(=O)N1CCCC(Oc2cncc(C(=O)n3ccnc3)c2)C1. The van der Waals surface area contributed by atoms with Crippen molar-refractivity contribution in [3.05, 3.63) is 42.7 Å².